The summed E-state index contributed by atoms with van der Waals surface area (Å²) in [5.41, 5.74) is 2.47. The Morgan fingerprint density at radius 2 is 1.85 bits per heavy atom. The zero-order valence-corrected chi connectivity index (χ0v) is 12.5. The molecule has 0 spiro atoms. The van der Waals surface area contributed by atoms with Crippen molar-refractivity contribution in [2.24, 2.45) is 0 Å². The van der Waals surface area contributed by atoms with Gasteiger partial charge in [0, 0.05) is 17.3 Å². The lowest BCUT2D eigenvalue weighted by Gasteiger charge is -2.30. The summed E-state index contributed by atoms with van der Waals surface area (Å²) >= 11 is 11.3. The lowest BCUT2D eigenvalue weighted by atomic mass is 10.0. The van der Waals surface area contributed by atoms with E-state index in [0.29, 0.717) is 15.9 Å². The first-order chi connectivity index (χ1) is 9.74. The van der Waals surface area contributed by atoms with Gasteiger partial charge in [-0.05, 0) is 61.0 Å². The summed E-state index contributed by atoms with van der Waals surface area (Å²) in [5, 5.41) is 1.17. The molecular formula is C16H14ClNOS. The fourth-order valence-corrected chi connectivity index (χ4v) is 2.79. The average molecular weight is 304 g/mol. The highest BCUT2D eigenvalue weighted by molar-refractivity contribution is 7.80. The molecule has 20 heavy (non-hydrogen) atoms. The van der Waals surface area contributed by atoms with Crippen LogP contribution in [0.4, 0.5) is 5.69 Å². The Balaban J connectivity index is 1.80. The molecule has 0 unspecified atom stereocenters. The predicted molar refractivity (Wildman–Crippen MR) is 86.8 cm³/mol. The molecule has 0 saturated heterocycles. The summed E-state index contributed by atoms with van der Waals surface area (Å²) in [6.07, 6.45) is 2.18. The molecule has 2 aromatic carbocycles. The molecular weight excluding hydrogens is 290 g/mol. The monoisotopic (exact) mass is 303 g/mol. The van der Waals surface area contributed by atoms with Gasteiger partial charge in [-0.2, -0.15) is 0 Å². The number of rotatable bonds is 1. The van der Waals surface area contributed by atoms with Crippen molar-refractivity contribution in [2.75, 3.05) is 11.4 Å². The molecule has 0 atom stereocenters. The molecule has 1 aliphatic heterocycles. The lowest BCUT2D eigenvalue weighted by Crippen LogP contribution is -2.37. The second-order valence-corrected chi connectivity index (χ2v) is 5.49. The maximum absolute atomic E-state index is 5.87. The van der Waals surface area contributed by atoms with Crippen molar-refractivity contribution in [3.8, 4) is 5.75 Å². The number of anilines is 1. The normalized spacial score (nSPS) is 13.8. The van der Waals surface area contributed by atoms with Crippen LogP contribution in [0.1, 0.15) is 12.0 Å². The van der Waals surface area contributed by atoms with Crippen LogP contribution in [0.15, 0.2) is 48.5 Å². The number of hydrogen-bond acceptors (Lipinski definition) is 2. The van der Waals surface area contributed by atoms with Gasteiger partial charge in [0.25, 0.3) is 5.17 Å². The molecule has 4 heteroatoms. The zero-order valence-electron chi connectivity index (χ0n) is 10.9. The molecule has 0 bridgehead atoms. The minimum Gasteiger partial charge on any atom is -0.432 e. The lowest BCUT2D eigenvalue weighted by molar-refractivity contribution is 0.541. The first kappa shape index (κ1) is 13.4. The number of thiocarbonyl (C=S) groups is 1. The average Bonchev–Trinajstić information content (AvgIpc) is 2.49. The van der Waals surface area contributed by atoms with E-state index >= 15 is 0 Å². The van der Waals surface area contributed by atoms with Crippen molar-refractivity contribution < 1.29 is 4.74 Å². The molecule has 3 rings (SSSR count). The molecule has 2 nitrogen and oxygen atoms in total. The van der Waals surface area contributed by atoms with Crippen molar-refractivity contribution in [3.05, 3.63) is 59.1 Å². The van der Waals surface area contributed by atoms with Gasteiger partial charge in [0.1, 0.15) is 5.75 Å². The topological polar surface area (TPSA) is 12.5 Å². The molecule has 0 aromatic heterocycles. The Kier molecular flexibility index (Phi) is 3.90. The third-order valence-corrected chi connectivity index (χ3v) is 3.91. The highest BCUT2D eigenvalue weighted by Crippen LogP contribution is 2.28. The van der Waals surface area contributed by atoms with Crippen LogP contribution in [0, 0.1) is 0 Å². The molecule has 0 radical (unpaired) electrons. The van der Waals surface area contributed by atoms with E-state index in [9.17, 15) is 0 Å². The van der Waals surface area contributed by atoms with Crippen LogP contribution in [0.3, 0.4) is 0 Å². The summed E-state index contributed by atoms with van der Waals surface area (Å²) in [4.78, 5) is 2.06. The van der Waals surface area contributed by atoms with E-state index in [4.69, 9.17) is 28.6 Å². The van der Waals surface area contributed by atoms with Crippen LogP contribution in [0.5, 0.6) is 5.75 Å². The molecule has 0 fully saturated rings. The highest BCUT2D eigenvalue weighted by Gasteiger charge is 2.20. The van der Waals surface area contributed by atoms with E-state index in [1.165, 1.54) is 5.56 Å². The van der Waals surface area contributed by atoms with E-state index in [0.717, 1.165) is 25.1 Å². The number of aryl methyl sites for hydroxylation is 1. The smallest absolute Gasteiger partial charge is 0.269 e. The molecule has 1 heterocycles. The number of fused-ring (bicyclic) bond motifs is 1. The van der Waals surface area contributed by atoms with Gasteiger partial charge in [-0.1, -0.05) is 29.8 Å². The Morgan fingerprint density at radius 1 is 1.10 bits per heavy atom. The van der Waals surface area contributed by atoms with Crippen molar-refractivity contribution in [1.29, 1.82) is 0 Å². The Labute approximate surface area is 128 Å². The minimum atomic E-state index is 0.486. The fraction of sp³-hybridized carbons (Fsp3) is 0.188. The van der Waals surface area contributed by atoms with Gasteiger partial charge in [-0.3, -0.25) is 0 Å². The quantitative estimate of drug-likeness (QED) is 0.722. The summed E-state index contributed by atoms with van der Waals surface area (Å²) in [6.45, 7) is 0.892. The fourth-order valence-electron chi connectivity index (χ4n) is 2.38. The predicted octanol–water partition coefficient (Wildman–Crippen LogP) is 4.46. The molecule has 102 valence electrons. The Hall–Kier alpha value is -1.58. The van der Waals surface area contributed by atoms with Crippen LogP contribution in [0.25, 0.3) is 0 Å². The van der Waals surface area contributed by atoms with Crippen molar-refractivity contribution in [3.63, 3.8) is 0 Å². The first-order valence-corrected chi connectivity index (χ1v) is 7.35. The van der Waals surface area contributed by atoms with Crippen LogP contribution in [-0.4, -0.2) is 11.7 Å². The maximum atomic E-state index is 5.87. The largest absolute Gasteiger partial charge is 0.432 e. The number of nitrogens with zero attached hydrogens (tertiary/aromatic N) is 1. The SMILES string of the molecule is S=C(Oc1ccc(Cl)cc1)N1CCCc2ccccc21. The number of para-hydroxylation sites is 1. The van der Waals surface area contributed by atoms with Crippen LogP contribution in [0.2, 0.25) is 5.02 Å². The second kappa shape index (κ2) is 5.81. The number of halogens is 1. The number of ether oxygens (including phenoxy) is 1. The van der Waals surface area contributed by atoms with Gasteiger partial charge in [0.2, 0.25) is 0 Å². The summed E-state index contributed by atoms with van der Waals surface area (Å²) in [7, 11) is 0. The molecule has 1 aliphatic rings. The summed E-state index contributed by atoms with van der Waals surface area (Å²) < 4.78 is 5.76. The third kappa shape index (κ3) is 2.79. The van der Waals surface area contributed by atoms with Crippen molar-refractivity contribution in [2.45, 2.75) is 12.8 Å². The second-order valence-electron chi connectivity index (χ2n) is 4.71. The Morgan fingerprint density at radius 3 is 2.65 bits per heavy atom. The van der Waals surface area contributed by atoms with Crippen molar-refractivity contribution in [1.82, 2.24) is 0 Å². The van der Waals surface area contributed by atoms with Crippen LogP contribution >= 0.6 is 23.8 Å². The summed E-state index contributed by atoms with van der Waals surface area (Å²) in [6, 6.07) is 15.6. The van der Waals surface area contributed by atoms with Gasteiger partial charge in [0.05, 0.1) is 0 Å². The molecule has 0 saturated carbocycles. The number of benzene rings is 2. The van der Waals surface area contributed by atoms with Crippen LogP contribution in [-0.2, 0) is 6.42 Å². The third-order valence-electron chi connectivity index (χ3n) is 3.35. The number of hydrogen-bond donors (Lipinski definition) is 0. The molecule has 2 aromatic rings. The maximum Gasteiger partial charge on any atom is 0.269 e. The summed E-state index contributed by atoms with van der Waals surface area (Å²) in [5.74, 6) is 0.711. The zero-order chi connectivity index (χ0) is 13.9. The Bertz CT molecular complexity index is 627. The first-order valence-electron chi connectivity index (χ1n) is 6.57. The molecule has 0 amide bonds. The van der Waals surface area contributed by atoms with Crippen LogP contribution < -0.4 is 9.64 Å². The van der Waals surface area contributed by atoms with E-state index < -0.39 is 0 Å². The van der Waals surface area contributed by atoms with Gasteiger partial charge in [-0.15, -0.1) is 0 Å². The van der Waals surface area contributed by atoms with Gasteiger partial charge < -0.3 is 9.64 Å². The minimum absolute atomic E-state index is 0.486. The van der Waals surface area contributed by atoms with E-state index in [2.05, 4.69) is 23.1 Å². The van der Waals surface area contributed by atoms with Gasteiger partial charge in [0.15, 0.2) is 0 Å². The van der Waals surface area contributed by atoms with Crippen molar-refractivity contribution >= 4 is 34.7 Å². The van der Waals surface area contributed by atoms with E-state index in [1.807, 2.05) is 18.2 Å². The standard InChI is InChI=1S/C16H14ClNOS/c17-13-7-9-14(10-8-13)19-16(20)18-11-3-5-12-4-1-2-6-15(12)18/h1-2,4,6-10H,3,5,11H2. The van der Waals surface area contributed by atoms with Gasteiger partial charge in [-0.25, -0.2) is 0 Å². The van der Waals surface area contributed by atoms with Gasteiger partial charge >= 0.3 is 0 Å². The van der Waals surface area contributed by atoms with E-state index in [-0.39, 0.29) is 0 Å². The highest BCUT2D eigenvalue weighted by atomic mass is 35.5. The van der Waals surface area contributed by atoms with E-state index in [1.54, 1.807) is 12.1 Å². The molecule has 0 aliphatic carbocycles. The molecule has 0 N–H and O–H groups in total.